The van der Waals surface area contributed by atoms with Gasteiger partial charge in [-0.25, -0.2) is 12.4 Å². The van der Waals surface area contributed by atoms with Gasteiger partial charge in [-0.3, -0.25) is 14.4 Å². The van der Waals surface area contributed by atoms with E-state index < -0.39 is 21.6 Å². The molecule has 1 N–H and O–H groups in total. The molecule has 0 spiro atoms. The summed E-state index contributed by atoms with van der Waals surface area (Å²) in [4.78, 5) is 36.0. The molecule has 2 aromatic carbocycles. The molecule has 0 aliphatic heterocycles. The molecule has 0 bridgehead atoms. The zero-order valence-electron chi connectivity index (χ0n) is 16.7. The van der Waals surface area contributed by atoms with Crippen LogP contribution in [0, 0.1) is 11.3 Å². The number of benzene rings is 2. The zero-order valence-corrected chi connectivity index (χ0v) is 17.5. The summed E-state index contributed by atoms with van der Waals surface area (Å²) < 4.78 is 27.8. The van der Waals surface area contributed by atoms with Crippen molar-refractivity contribution in [3.05, 3.63) is 78.1 Å². The number of nitrogens with one attached hydrogen (secondary N) is 1. The number of anilines is 1. The van der Waals surface area contributed by atoms with Gasteiger partial charge in [-0.05, 0) is 29.8 Å². The second-order valence-corrected chi connectivity index (χ2v) is 8.82. The van der Waals surface area contributed by atoms with Crippen LogP contribution in [0.2, 0.25) is 0 Å². The SMILES string of the molecule is CC(=O)Nc1ccc(S(=O)(=O)n2cc(-c3ccccc3)c3c2C(C#N)=CC(=O)C3=O)cc1. The van der Waals surface area contributed by atoms with Crippen LogP contribution in [-0.2, 0) is 19.6 Å². The Morgan fingerprint density at radius 2 is 1.69 bits per heavy atom. The van der Waals surface area contributed by atoms with Crippen molar-refractivity contribution < 1.29 is 22.8 Å². The highest BCUT2D eigenvalue weighted by molar-refractivity contribution is 7.90. The van der Waals surface area contributed by atoms with Crippen molar-refractivity contribution in [3.63, 3.8) is 0 Å². The second-order valence-electron chi connectivity index (χ2n) is 7.00. The number of amides is 1. The normalized spacial score (nSPS) is 13.2. The van der Waals surface area contributed by atoms with Gasteiger partial charge in [0.2, 0.25) is 17.5 Å². The highest BCUT2D eigenvalue weighted by Gasteiger charge is 2.36. The third kappa shape index (κ3) is 3.42. The molecule has 4 rings (SSSR count). The maximum atomic E-state index is 13.5. The van der Waals surface area contributed by atoms with Crippen LogP contribution < -0.4 is 5.32 Å². The minimum atomic E-state index is -4.25. The molecule has 0 radical (unpaired) electrons. The maximum absolute atomic E-state index is 13.5. The number of rotatable bonds is 4. The average Bonchev–Trinajstić information content (AvgIpc) is 3.19. The fourth-order valence-corrected chi connectivity index (χ4v) is 4.88. The summed E-state index contributed by atoms with van der Waals surface area (Å²) in [6, 6.07) is 15.8. The zero-order chi connectivity index (χ0) is 23.0. The van der Waals surface area contributed by atoms with Crippen LogP contribution in [-0.4, -0.2) is 29.9 Å². The molecule has 1 heterocycles. The number of allylic oxidation sites excluding steroid dienone is 2. The van der Waals surface area contributed by atoms with Crippen LogP contribution in [0.4, 0.5) is 5.69 Å². The Hall–Kier alpha value is -4.29. The summed E-state index contributed by atoms with van der Waals surface area (Å²) in [6.07, 6.45) is 2.10. The number of nitrogens with zero attached hydrogens (tertiary/aromatic N) is 2. The number of hydrogen-bond acceptors (Lipinski definition) is 6. The second kappa shape index (κ2) is 7.76. The minimum absolute atomic E-state index is 0.120. The average molecular weight is 445 g/mol. The van der Waals surface area contributed by atoms with E-state index in [0.717, 1.165) is 10.0 Å². The number of Topliss-reactive ketones (excluding diaryl/α,β-unsaturated/α-hetero) is 1. The Morgan fingerprint density at radius 1 is 1.03 bits per heavy atom. The molecule has 32 heavy (non-hydrogen) atoms. The lowest BCUT2D eigenvalue weighted by Crippen LogP contribution is -2.22. The quantitative estimate of drug-likeness (QED) is 0.615. The first-order valence-corrected chi connectivity index (χ1v) is 10.8. The Kier molecular flexibility index (Phi) is 5.08. The molecule has 1 aliphatic rings. The van der Waals surface area contributed by atoms with Crippen LogP contribution in [0.3, 0.4) is 0 Å². The summed E-state index contributed by atoms with van der Waals surface area (Å²) in [7, 11) is -4.25. The predicted octanol–water partition coefficient (Wildman–Crippen LogP) is 3.02. The number of aromatic nitrogens is 1. The molecule has 158 valence electrons. The lowest BCUT2D eigenvalue weighted by atomic mass is 9.91. The van der Waals surface area contributed by atoms with Crippen molar-refractivity contribution in [2.24, 2.45) is 0 Å². The first kappa shape index (κ1) is 21.0. The molecule has 1 amide bonds. The van der Waals surface area contributed by atoms with Crippen molar-refractivity contribution in [2.45, 2.75) is 11.8 Å². The molecule has 1 aliphatic carbocycles. The van der Waals surface area contributed by atoms with Crippen molar-refractivity contribution in [1.82, 2.24) is 3.97 Å². The Labute approximate surface area is 183 Å². The fraction of sp³-hybridized carbons (Fsp3) is 0.0435. The largest absolute Gasteiger partial charge is 0.326 e. The van der Waals surface area contributed by atoms with Gasteiger partial charge in [0, 0.05) is 30.4 Å². The lowest BCUT2D eigenvalue weighted by Gasteiger charge is -2.14. The summed E-state index contributed by atoms with van der Waals surface area (Å²) in [5, 5.41) is 12.1. The molecular weight excluding hydrogens is 430 g/mol. The number of ketones is 2. The van der Waals surface area contributed by atoms with Crippen LogP contribution in [0.1, 0.15) is 23.0 Å². The number of hydrogen-bond donors (Lipinski definition) is 1. The van der Waals surface area contributed by atoms with E-state index in [1.54, 1.807) is 30.3 Å². The predicted molar refractivity (Wildman–Crippen MR) is 116 cm³/mol. The molecule has 0 atom stereocenters. The van der Waals surface area contributed by atoms with E-state index in [2.05, 4.69) is 5.32 Å². The van der Waals surface area contributed by atoms with Gasteiger partial charge in [-0.2, -0.15) is 5.26 Å². The molecule has 0 unspecified atom stereocenters. The molecule has 8 nitrogen and oxygen atoms in total. The third-order valence-electron chi connectivity index (χ3n) is 4.89. The molecule has 3 aromatic rings. The van der Waals surface area contributed by atoms with Crippen molar-refractivity contribution >= 4 is 38.8 Å². The summed E-state index contributed by atoms with van der Waals surface area (Å²) in [5.74, 6) is -2.08. The van der Waals surface area contributed by atoms with E-state index in [4.69, 9.17) is 0 Å². The lowest BCUT2D eigenvalue weighted by molar-refractivity contribution is -0.114. The van der Waals surface area contributed by atoms with E-state index in [0.29, 0.717) is 11.3 Å². The van der Waals surface area contributed by atoms with E-state index in [-0.39, 0.29) is 33.2 Å². The van der Waals surface area contributed by atoms with Crippen molar-refractivity contribution in [2.75, 3.05) is 5.32 Å². The van der Waals surface area contributed by atoms with Gasteiger partial charge >= 0.3 is 0 Å². The molecular formula is C23H15N3O5S. The summed E-state index contributed by atoms with van der Waals surface area (Å²) in [5.41, 5.74) is 0.678. The van der Waals surface area contributed by atoms with Crippen molar-refractivity contribution in [1.29, 1.82) is 5.26 Å². The van der Waals surface area contributed by atoms with E-state index in [1.165, 1.54) is 37.4 Å². The van der Waals surface area contributed by atoms with Crippen molar-refractivity contribution in [3.8, 4) is 17.2 Å². The van der Waals surface area contributed by atoms with Crippen LogP contribution in [0.5, 0.6) is 0 Å². The number of carbonyl (C=O) groups is 3. The summed E-state index contributed by atoms with van der Waals surface area (Å²) >= 11 is 0. The maximum Gasteiger partial charge on any atom is 0.268 e. The van der Waals surface area contributed by atoms with Crippen LogP contribution in [0.15, 0.2) is 71.8 Å². The molecule has 0 saturated carbocycles. The smallest absolute Gasteiger partial charge is 0.268 e. The van der Waals surface area contributed by atoms with Gasteiger partial charge in [0.15, 0.2) is 0 Å². The highest BCUT2D eigenvalue weighted by atomic mass is 32.2. The van der Waals surface area contributed by atoms with Gasteiger partial charge in [0.25, 0.3) is 10.0 Å². The number of nitriles is 1. The highest BCUT2D eigenvalue weighted by Crippen LogP contribution is 2.37. The van der Waals surface area contributed by atoms with E-state index in [9.17, 15) is 28.1 Å². The molecule has 0 fully saturated rings. The Bertz CT molecular complexity index is 1460. The first-order valence-electron chi connectivity index (χ1n) is 9.39. The fourth-order valence-electron chi connectivity index (χ4n) is 3.49. The van der Waals surface area contributed by atoms with Gasteiger partial charge in [0.1, 0.15) is 6.07 Å². The number of fused-ring (bicyclic) bond motifs is 1. The van der Waals surface area contributed by atoms with E-state index >= 15 is 0 Å². The molecule has 9 heteroatoms. The third-order valence-corrected chi connectivity index (χ3v) is 6.56. The molecule has 0 saturated heterocycles. The van der Waals surface area contributed by atoms with Crippen LogP contribution in [0.25, 0.3) is 16.7 Å². The standard InChI is InChI=1S/C23H15N3O5S/c1-14(27)25-17-7-9-18(10-8-17)32(30,31)26-13-19(15-5-3-2-4-6-15)21-22(26)16(12-24)11-20(28)23(21)29/h2-11,13H,1H3,(H,25,27). The Balaban J connectivity index is 1.96. The van der Waals surface area contributed by atoms with Gasteiger partial charge in [-0.15, -0.1) is 0 Å². The van der Waals surface area contributed by atoms with Gasteiger partial charge in [0.05, 0.1) is 21.7 Å². The van der Waals surface area contributed by atoms with Crippen LogP contribution >= 0.6 is 0 Å². The monoisotopic (exact) mass is 445 g/mol. The molecule has 1 aromatic heterocycles. The summed E-state index contributed by atoms with van der Waals surface area (Å²) in [6.45, 7) is 1.33. The minimum Gasteiger partial charge on any atom is -0.326 e. The Morgan fingerprint density at radius 3 is 2.28 bits per heavy atom. The van der Waals surface area contributed by atoms with Gasteiger partial charge < -0.3 is 5.32 Å². The topological polar surface area (TPSA) is 126 Å². The van der Waals surface area contributed by atoms with Gasteiger partial charge in [-0.1, -0.05) is 30.3 Å². The first-order chi connectivity index (χ1) is 15.2. The number of carbonyl (C=O) groups excluding carboxylic acids is 3. The van der Waals surface area contributed by atoms with E-state index in [1.807, 2.05) is 6.07 Å².